The minimum absolute atomic E-state index is 0.129. The summed E-state index contributed by atoms with van der Waals surface area (Å²) >= 11 is 5.71. The Balaban J connectivity index is 2.74. The average Bonchev–Trinajstić information content (AvgIpc) is 2.37. The summed E-state index contributed by atoms with van der Waals surface area (Å²) in [7, 11) is 3.14. The third kappa shape index (κ3) is 3.59. The molecule has 0 spiro atoms. The lowest BCUT2D eigenvalue weighted by atomic mass is 10.2. The minimum atomic E-state index is -0.291. The van der Waals surface area contributed by atoms with Gasteiger partial charge in [0, 0.05) is 27.1 Å². The molecule has 0 aliphatic carbocycles. The molecule has 0 radical (unpaired) electrons. The maximum atomic E-state index is 12.0. The number of hydrogen-bond acceptors (Lipinski definition) is 4. The number of nitrogens with zero attached hydrogens (tertiary/aromatic N) is 2. The zero-order valence-electron chi connectivity index (χ0n) is 10.2. The van der Waals surface area contributed by atoms with E-state index in [1.54, 1.807) is 14.1 Å². The van der Waals surface area contributed by atoms with Gasteiger partial charge in [0.1, 0.15) is 5.15 Å². The summed E-state index contributed by atoms with van der Waals surface area (Å²) in [5.41, 5.74) is 6.21. The first kappa shape index (κ1) is 14.2. The van der Waals surface area contributed by atoms with Crippen LogP contribution in [-0.2, 0) is 4.79 Å². The molecule has 0 atom stereocenters. The molecule has 1 heterocycles. The number of aromatic nitrogens is 1. The summed E-state index contributed by atoms with van der Waals surface area (Å²) in [6, 6.07) is 1.41. The van der Waals surface area contributed by atoms with Crippen molar-refractivity contribution in [1.29, 1.82) is 0 Å². The van der Waals surface area contributed by atoms with Crippen molar-refractivity contribution in [2.75, 3.05) is 26.4 Å². The summed E-state index contributed by atoms with van der Waals surface area (Å²) < 4.78 is 0. The number of nitrogens with one attached hydrogen (secondary N) is 1. The van der Waals surface area contributed by atoms with Crippen molar-refractivity contribution in [2.24, 2.45) is 0 Å². The van der Waals surface area contributed by atoms with Gasteiger partial charge in [0.2, 0.25) is 5.91 Å². The lowest BCUT2D eigenvalue weighted by molar-refractivity contribution is -0.120. The summed E-state index contributed by atoms with van der Waals surface area (Å²) in [5.74, 6) is -0.420. The van der Waals surface area contributed by atoms with Gasteiger partial charge in [-0.05, 0) is 6.07 Å². The van der Waals surface area contributed by atoms with E-state index in [1.807, 2.05) is 0 Å². The fourth-order valence-corrected chi connectivity index (χ4v) is 1.48. The van der Waals surface area contributed by atoms with Gasteiger partial charge in [-0.3, -0.25) is 9.59 Å². The molecule has 1 rings (SSSR count). The molecule has 0 saturated carbocycles. The minimum Gasteiger partial charge on any atom is -0.397 e. The monoisotopic (exact) mass is 270 g/mol. The first-order valence-corrected chi connectivity index (χ1v) is 5.70. The Morgan fingerprint density at radius 2 is 2.22 bits per heavy atom. The summed E-state index contributed by atoms with van der Waals surface area (Å²) in [6.07, 6.45) is 1.57. The van der Waals surface area contributed by atoms with Crippen molar-refractivity contribution in [1.82, 2.24) is 15.2 Å². The Morgan fingerprint density at radius 1 is 1.56 bits per heavy atom. The Bertz CT molecular complexity index is 464. The smallest absolute Gasteiger partial charge is 0.255 e. The molecule has 0 saturated heterocycles. The Hall–Kier alpha value is -1.82. The number of rotatable bonds is 4. The lowest BCUT2D eigenvalue weighted by Gasteiger charge is -2.17. The number of anilines is 1. The third-order valence-electron chi connectivity index (χ3n) is 2.43. The molecule has 1 aromatic rings. The molecular weight excluding hydrogens is 256 g/mol. The second-order valence-corrected chi connectivity index (χ2v) is 4.13. The van der Waals surface area contributed by atoms with E-state index >= 15 is 0 Å². The highest BCUT2D eigenvalue weighted by Crippen LogP contribution is 2.16. The predicted molar refractivity (Wildman–Crippen MR) is 69.3 cm³/mol. The van der Waals surface area contributed by atoms with Crippen LogP contribution in [0, 0.1) is 0 Å². The molecule has 0 aliphatic rings. The predicted octanol–water partition coefficient (Wildman–Crippen LogP) is 0.525. The third-order valence-corrected chi connectivity index (χ3v) is 2.64. The van der Waals surface area contributed by atoms with E-state index in [2.05, 4.69) is 10.3 Å². The average molecular weight is 271 g/mol. The van der Waals surface area contributed by atoms with E-state index in [4.69, 9.17) is 17.3 Å². The number of nitrogen functional groups attached to an aromatic ring is 1. The Labute approximate surface area is 110 Å². The van der Waals surface area contributed by atoms with Gasteiger partial charge in [0.15, 0.2) is 0 Å². The number of hydrogen-bond donors (Lipinski definition) is 2. The van der Waals surface area contributed by atoms with Crippen LogP contribution >= 0.6 is 11.6 Å². The van der Waals surface area contributed by atoms with E-state index < -0.39 is 0 Å². The lowest BCUT2D eigenvalue weighted by Crippen LogP contribution is -2.31. The summed E-state index contributed by atoms with van der Waals surface area (Å²) in [4.78, 5) is 28.3. The second-order valence-electron chi connectivity index (χ2n) is 3.74. The van der Waals surface area contributed by atoms with Crippen LogP contribution in [0.1, 0.15) is 16.8 Å². The van der Waals surface area contributed by atoms with E-state index in [9.17, 15) is 9.59 Å². The molecule has 3 N–H and O–H groups in total. The molecule has 0 aliphatic heterocycles. The van der Waals surface area contributed by atoms with Crippen LogP contribution in [0.15, 0.2) is 12.3 Å². The zero-order valence-corrected chi connectivity index (χ0v) is 11.0. The molecular formula is C11H15ClN4O2. The van der Waals surface area contributed by atoms with Crippen molar-refractivity contribution in [2.45, 2.75) is 6.42 Å². The molecule has 1 aromatic heterocycles. The van der Waals surface area contributed by atoms with Gasteiger partial charge in [-0.1, -0.05) is 11.6 Å². The maximum absolute atomic E-state index is 12.0. The standard InChI is InChI=1S/C11H15ClN4O2/c1-14-10(17)3-4-16(2)11(18)7-5-9(12)15-6-8(7)13/h5-6H,3-4,13H2,1-2H3,(H,14,17). The summed E-state index contributed by atoms with van der Waals surface area (Å²) in [6.45, 7) is 0.303. The van der Waals surface area contributed by atoms with Crippen LogP contribution in [0.2, 0.25) is 5.15 Å². The number of nitrogens with two attached hydrogens (primary N) is 1. The Kier molecular flexibility index (Phi) is 4.91. The number of carbonyl (C=O) groups is 2. The molecule has 18 heavy (non-hydrogen) atoms. The van der Waals surface area contributed by atoms with Crippen molar-refractivity contribution in [3.05, 3.63) is 23.0 Å². The van der Waals surface area contributed by atoms with Gasteiger partial charge in [-0.25, -0.2) is 4.98 Å². The van der Waals surface area contributed by atoms with Crippen LogP contribution in [0.25, 0.3) is 0 Å². The molecule has 0 fully saturated rings. The van der Waals surface area contributed by atoms with Gasteiger partial charge >= 0.3 is 0 Å². The SMILES string of the molecule is CNC(=O)CCN(C)C(=O)c1cc(Cl)ncc1N. The highest BCUT2D eigenvalue weighted by Gasteiger charge is 2.16. The number of carbonyl (C=O) groups excluding carboxylic acids is 2. The first-order valence-electron chi connectivity index (χ1n) is 5.32. The molecule has 7 heteroatoms. The number of halogens is 1. The number of amides is 2. The molecule has 2 amide bonds. The molecule has 98 valence electrons. The second kappa shape index (κ2) is 6.20. The van der Waals surface area contributed by atoms with E-state index in [0.29, 0.717) is 6.54 Å². The normalized spacial score (nSPS) is 9.94. The van der Waals surface area contributed by atoms with Crippen LogP contribution in [0.4, 0.5) is 5.69 Å². The largest absolute Gasteiger partial charge is 0.397 e. The van der Waals surface area contributed by atoms with Crippen molar-refractivity contribution >= 4 is 29.1 Å². The fraction of sp³-hybridized carbons (Fsp3) is 0.364. The molecule has 0 aromatic carbocycles. The van der Waals surface area contributed by atoms with Gasteiger partial charge in [-0.15, -0.1) is 0 Å². The van der Waals surface area contributed by atoms with Gasteiger partial charge in [0.05, 0.1) is 17.4 Å². The topological polar surface area (TPSA) is 88.3 Å². The van der Waals surface area contributed by atoms with Crippen LogP contribution < -0.4 is 11.1 Å². The van der Waals surface area contributed by atoms with E-state index in [0.717, 1.165) is 0 Å². The van der Waals surface area contributed by atoms with Crippen molar-refractivity contribution < 1.29 is 9.59 Å². The maximum Gasteiger partial charge on any atom is 0.255 e. The van der Waals surface area contributed by atoms with Crippen molar-refractivity contribution in [3.63, 3.8) is 0 Å². The summed E-state index contributed by atoms with van der Waals surface area (Å²) in [5, 5.41) is 2.69. The first-order chi connectivity index (χ1) is 8.45. The van der Waals surface area contributed by atoms with Crippen LogP contribution in [0.5, 0.6) is 0 Å². The Morgan fingerprint density at radius 3 is 2.83 bits per heavy atom. The van der Waals surface area contributed by atoms with Crippen LogP contribution in [0.3, 0.4) is 0 Å². The zero-order chi connectivity index (χ0) is 13.7. The van der Waals surface area contributed by atoms with Gasteiger partial charge in [0.25, 0.3) is 5.91 Å². The quantitative estimate of drug-likeness (QED) is 0.781. The van der Waals surface area contributed by atoms with Gasteiger partial charge < -0.3 is 16.0 Å². The van der Waals surface area contributed by atoms with E-state index in [1.165, 1.54) is 17.2 Å². The molecule has 0 unspecified atom stereocenters. The van der Waals surface area contributed by atoms with E-state index in [-0.39, 0.29) is 34.6 Å². The fourth-order valence-electron chi connectivity index (χ4n) is 1.33. The molecule has 6 nitrogen and oxygen atoms in total. The number of pyridine rings is 1. The van der Waals surface area contributed by atoms with Gasteiger partial charge in [-0.2, -0.15) is 0 Å². The highest BCUT2D eigenvalue weighted by atomic mass is 35.5. The molecule has 0 bridgehead atoms. The van der Waals surface area contributed by atoms with Crippen molar-refractivity contribution in [3.8, 4) is 0 Å². The van der Waals surface area contributed by atoms with Crippen LogP contribution in [-0.4, -0.2) is 42.3 Å². The highest BCUT2D eigenvalue weighted by molar-refractivity contribution is 6.29.